The second kappa shape index (κ2) is 9.10. The lowest BCUT2D eigenvalue weighted by molar-refractivity contribution is -0.215. The quantitative estimate of drug-likeness (QED) is 0.200. The van der Waals surface area contributed by atoms with Crippen LogP contribution in [0.3, 0.4) is 0 Å². The smallest absolute Gasteiger partial charge is 0.184 e. The van der Waals surface area contributed by atoms with Crippen molar-refractivity contribution < 1.29 is 34.2 Å². The van der Waals surface area contributed by atoms with E-state index in [1.165, 1.54) is 13.0 Å². The molecule has 0 amide bonds. The van der Waals surface area contributed by atoms with Gasteiger partial charge in [-0.15, -0.1) is 0 Å². The molecular weight excluding hydrogens is 496 g/mol. The van der Waals surface area contributed by atoms with Gasteiger partial charge in [-0.25, -0.2) is 0 Å². The fourth-order valence-electron chi connectivity index (χ4n) is 7.76. The Kier molecular flexibility index (Phi) is 6.69. The van der Waals surface area contributed by atoms with Crippen LogP contribution >= 0.6 is 0 Å². The molecule has 0 radical (unpaired) electrons. The summed E-state index contributed by atoms with van der Waals surface area (Å²) in [6, 6.07) is 3.44. The summed E-state index contributed by atoms with van der Waals surface area (Å²) in [6.45, 7) is 12.6. The van der Waals surface area contributed by atoms with E-state index in [1.54, 1.807) is 0 Å². The van der Waals surface area contributed by atoms with E-state index in [0.717, 1.165) is 23.3 Å². The Morgan fingerprint density at radius 2 is 1.46 bits per heavy atom. The molecule has 4 aliphatic rings. The molecular formula is C32H38O7. The van der Waals surface area contributed by atoms with E-state index in [2.05, 4.69) is 0 Å². The highest BCUT2D eigenvalue weighted by atomic mass is 16.3. The van der Waals surface area contributed by atoms with Crippen molar-refractivity contribution >= 4 is 28.9 Å². The molecule has 0 spiro atoms. The first kappa shape index (κ1) is 28.7. The van der Waals surface area contributed by atoms with Gasteiger partial charge in [0.15, 0.2) is 40.0 Å². The van der Waals surface area contributed by atoms with E-state index >= 15 is 0 Å². The number of phenolic OH excluding ortho intramolecular Hbond substituents is 2. The van der Waals surface area contributed by atoms with Gasteiger partial charge in [-0.2, -0.15) is 0 Å². The van der Waals surface area contributed by atoms with Crippen molar-refractivity contribution in [3.63, 3.8) is 0 Å². The van der Waals surface area contributed by atoms with Crippen LogP contribution in [0.4, 0.5) is 0 Å². The van der Waals surface area contributed by atoms with Gasteiger partial charge in [0.1, 0.15) is 5.78 Å². The lowest BCUT2D eigenvalue weighted by atomic mass is 9.26. The summed E-state index contributed by atoms with van der Waals surface area (Å²) >= 11 is 0. The van der Waals surface area contributed by atoms with Crippen LogP contribution in [0.2, 0.25) is 0 Å². The minimum absolute atomic E-state index is 0.0585. The molecule has 39 heavy (non-hydrogen) atoms. The van der Waals surface area contributed by atoms with E-state index in [9.17, 15) is 34.2 Å². The van der Waals surface area contributed by atoms with E-state index in [4.69, 9.17) is 0 Å². The Balaban J connectivity index is 2.13. The van der Waals surface area contributed by atoms with Crippen molar-refractivity contribution in [1.29, 1.82) is 0 Å². The molecule has 7 nitrogen and oxygen atoms in total. The molecule has 1 aromatic rings. The molecule has 208 valence electrons. The maximum atomic E-state index is 15.0. The van der Waals surface area contributed by atoms with Gasteiger partial charge in [0.05, 0.1) is 10.8 Å². The van der Waals surface area contributed by atoms with E-state index in [1.807, 2.05) is 53.7 Å². The van der Waals surface area contributed by atoms with Crippen molar-refractivity contribution in [1.82, 2.24) is 0 Å². The van der Waals surface area contributed by atoms with Crippen LogP contribution in [-0.4, -0.2) is 39.1 Å². The summed E-state index contributed by atoms with van der Waals surface area (Å²) in [5, 5.41) is 20.1. The number of aromatic hydroxyl groups is 2. The number of Topliss-reactive ketones (excluding diaryl/α,β-unsaturated/α-hetero) is 5. The number of carbonyl (C=O) groups is 5. The van der Waals surface area contributed by atoms with Crippen LogP contribution in [0.25, 0.3) is 0 Å². The fourth-order valence-corrected chi connectivity index (χ4v) is 7.76. The minimum Gasteiger partial charge on any atom is -0.504 e. The Labute approximate surface area is 229 Å². The second-order valence-electron chi connectivity index (χ2n) is 12.8. The van der Waals surface area contributed by atoms with Crippen molar-refractivity contribution in [2.75, 3.05) is 0 Å². The monoisotopic (exact) mass is 534 g/mol. The summed E-state index contributed by atoms with van der Waals surface area (Å²) in [6.07, 6.45) is 3.79. The number of allylic oxidation sites excluding steroid dienone is 4. The number of phenols is 2. The average Bonchev–Trinajstić information content (AvgIpc) is 2.83. The van der Waals surface area contributed by atoms with Crippen LogP contribution in [0.15, 0.2) is 41.5 Å². The maximum Gasteiger partial charge on any atom is 0.184 e. The van der Waals surface area contributed by atoms with Gasteiger partial charge in [-0.1, -0.05) is 37.1 Å². The third-order valence-electron chi connectivity index (χ3n) is 9.78. The first-order valence-corrected chi connectivity index (χ1v) is 13.5. The van der Waals surface area contributed by atoms with Crippen LogP contribution in [-0.2, 0) is 19.2 Å². The normalized spacial score (nSPS) is 32.2. The summed E-state index contributed by atoms with van der Waals surface area (Å²) in [5.74, 6) is -5.37. The van der Waals surface area contributed by atoms with Crippen molar-refractivity contribution in [2.24, 2.45) is 33.5 Å². The Bertz CT molecular complexity index is 1370. The summed E-state index contributed by atoms with van der Waals surface area (Å²) in [4.78, 5) is 71.6. The maximum absolute atomic E-state index is 15.0. The number of carbonyl (C=O) groups excluding carboxylic acids is 5. The first-order valence-electron chi connectivity index (χ1n) is 13.5. The van der Waals surface area contributed by atoms with E-state index in [0.29, 0.717) is 0 Å². The topological polar surface area (TPSA) is 126 Å². The lowest BCUT2D eigenvalue weighted by Gasteiger charge is -2.71. The van der Waals surface area contributed by atoms with Crippen molar-refractivity contribution in [2.45, 2.75) is 74.1 Å². The predicted octanol–water partition coefficient (Wildman–Crippen LogP) is 5.33. The van der Waals surface area contributed by atoms with E-state index in [-0.39, 0.29) is 37.0 Å². The predicted molar refractivity (Wildman–Crippen MR) is 145 cm³/mol. The van der Waals surface area contributed by atoms with Gasteiger partial charge < -0.3 is 15.0 Å². The SMILES string of the molecule is CC(=O)C[C@@H]1[C@@H]2C[C@]3(CC=C(C)C)C(=O)[C@@]1(C(=O)c1ccc(O)c(O)c1)C(=O)[C@@](CC=C(C)C)(C3=O)C2(C)C. The number of hydrogen-bond donors (Lipinski definition) is 2. The molecule has 0 aromatic heterocycles. The third-order valence-corrected chi connectivity index (χ3v) is 9.78. The number of rotatable bonds is 8. The van der Waals surface area contributed by atoms with Gasteiger partial charge in [0.2, 0.25) is 0 Å². The van der Waals surface area contributed by atoms with Crippen molar-refractivity contribution in [3.8, 4) is 11.5 Å². The Morgan fingerprint density at radius 3 is 2.00 bits per heavy atom. The molecule has 4 bridgehead atoms. The van der Waals surface area contributed by atoms with Gasteiger partial charge in [-0.3, -0.25) is 19.2 Å². The fraction of sp³-hybridized carbons (Fsp3) is 0.531. The third kappa shape index (κ3) is 3.57. The highest BCUT2D eigenvalue weighted by Crippen LogP contribution is 2.75. The largest absolute Gasteiger partial charge is 0.504 e. The molecule has 0 saturated heterocycles. The summed E-state index contributed by atoms with van der Waals surface area (Å²) in [7, 11) is 0. The standard InChI is InChI=1S/C32H38O7/c1-17(2)10-12-30-16-22-21(14-19(5)33)32(27(30)38,25(36)20-8-9-23(34)24(35)15-20)28(39)31(26(30)37,29(22,6)7)13-11-18(3)4/h8-11,15,21-22,34-35H,12-14,16H2,1-7H3/t21-,22+,30+,31-,32-/m1/s1. The molecule has 4 fully saturated rings. The van der Waals surface area contributed by atoms with Crippen LogP contribution in [0.1, 0.15) is 84.5 Å². The molecule has 0 aliphatic heterocycles. The van der Waals surface area contributed by atoms with Crippen LogP contribution < -0.4 is 0 Å². The molecule has 7 heteroatoms. The lowest BCUT2D eigenvalue weighted by Crippen LogP contribution is -2.83. The summed E-state index contributed by atoms with van der Waals surface area (Å²) in [5.41, 5.74) is -4.73. The Hall–Kier alpha value is -3.35. The zero-order valence-electron chi connectivity index (χ0n) is 23.8. The van der Waals surface area contributed by atoms with E-state index < -0.39 is 68.1 Å². The van der Waals surface area contributed by atoms with Gasteiger partial charge in [-0.05, 0) is 89.3 Å². The molecule has 2 N–H and O–H groups in total. The molecule has 0 heterocycles. The number of ketones is 5. The van der Waals surface area contributed by atoms with Crippen LogP contribution in [0, 0.1) is 33.5 Å². The molecule has 5 atom stereocenters. The number of hydrogen-bond acceptors (Lipinski definition) is 7. The number of benzene rings is 1. The summed E-state index contributed by atoms with van der Waals surface area (Å²) < 4.78 is 0. The first-order chi connectivity index (χ1) is 18.0. The highest BCUT2D eigenvalue weighted by Gasteiger charge is 2.86. The van der Waals surface area contributed by atoms with Gasteiger partial charge in [0, 0.05) is 12.0 Å². The molecule has 0 unspecified atom stereocenters. The molecule has 4 saturated carbocycles. The zero-order chi connectivity index (χ0) is 29.3. The van der Waals surface area contributed by atoms with Crippen LogP contribution in [0.5, 0.6) is 11.5 Å². The van der Waals surface area contributed by atoms with Crippen molar-refractivity contribution in [3.05, 3.63) is 47.1 Å². The second-order valence-corrected chi connectivity index (χ2v) is 12.8. The molecule has 4 aliphatic carbocycles. The Morgan fingerprint density at radius 1 is 0.872 bits per heavy atom. The molecule has 5 rings (SSSR count). The van der Waals surface area contributed by atoms with Gasteiger partial charge >= 0.3 is 0 Å². The van der Waals surface area contributed by atoms with Gasteiger partial charge in [0.25, 0.3) is 0 Å². The highest BCUT2D eigenvalue weighted by molar-refractivity contribution is 6.42. The zero-order valence-corrected chi connectivity index (χ0v) is 23.8. The minimum atomic E-state index is -2.26. The molecule has 1 aromatic carbocycles. The average molecular weight is 535 g/mol.